The predicted octanol–water partition coefficient (Wildman–Crippen LogP) is 2.26. The highest BCUT2D eigenvalue weighted by Gasteiger charge is 2.17. The van der Waals surface area contributed by atoms with Crippen molar-refractivity contribution in [3.63, 3.8) is 0 Å². The van der Waals surface area contributed by atoms with Gasteiger partial charge in [0.05, 0.1) is 19.3 Å². The molecule has 0 N–H and O–H groups in total. The van der Waals surface area contributed by atoms with E-state index in [4.69, 9.17) is 18.9 Å². The van der Waals surface area contributed by atoms with Gasteiger partial charge in [-0.1, -0.05) is 0 Å². The van der Waals surface area contributed by atoms with E-state index in [1.54, 1.807) is 12.1 Å². The minimum atomic E-state index is -0.212. The second-order valence-corrected chi connectivity index (χ2v) is 6.42. The van der Waals surface area contributed by atoms with Crippen LogP contribution < -0.4 is 9.47 Å². The minimum absolute atomic E-state index is 0.212. The largest absolute Gasteiger partial charge is 0.492 e. The third kappa shape index (κ3) is 6.30. The highest BCUT2D eigenvalue weighted by Crippen LogP contribution is 2.20. The molecule has 1 aromatic rings. The van der Waals surface area contributed by atoms with Crippen molar-refractivity contribution in [1.29, 1.82) is 0 Å². The highest BCUT2D eigenvalue weighted by molar-refractivity contribution is 5.72. The van der Waals surface area contributed by atoms with Gasteiger partial charge >= 0.3 is 5.97 Å². The lowest BCUT2D eigenvalue weighted by Gasteiger charge is -2.26. The highest BCUT2D eigenvalue weighted by atomic mass is 16.5. The second-order valence-electron chi connectivity index (χ2n) is 6.42. The van der Waals surface area contributed by atoms with Gasteiger partial charge in [-0.2, -0.15) is 0 Å². The summed E-state index contributed by atoms with van der Waals surface area (Å²) in [5, 5.41) is 0. The number of hydrogen-bond donors (Lipinski definition) is 0. The lowest BCUT2D eigenvalue weighted by atomic mass is 10.1. The molecule has 6 nitrogen and oxygen atoms in total. The van der Waals surface area contributed by atoms with Gasteiger partial charge in [0.2, 0.25) is 0 Å². The van der Waals surface area contributed by atoms with Gasteiger partial charge in [-0.15, -0.1) is 0 Å². The summed E-state index contributed by atoms with van der Waals surface area (Å²) in [5.74, 6) is 1.13. The normalized spacial score (nSPS) is 21.2. The van der Waals surface area contributed by atoms with Gasteiger partial charge in [-0.3, -0.25) is 9.69 Å². The number of benzene rings is 1. The number of hydrogen-bond acceptors (Lipinski definition) is 6. The van der Waals surface area contributed by atoms with E-state index in [1.807, 2.05) is 12.1 Å². The zero-order valence-electron chi connectivity index (χ0n) is 14.7. The van der Waals surface area contributed by atoms with E-state index in [1.165, 1.54) is 0 Å². The van der Waals surface area contributed by atoms with Crippen LogP contribution in [0.4, 0.5) is 0 Å². The first-order valence-electron chi connectivity index (χ1n) is 9.15. The molecule has 2 aliphatic rings. The van der Waals surface area contributed by atoms with Crippen LogP contribution in [0.5, 0.6) is 11.5 Å². The Labute approximate surface area is 149 Å². The number of ether oxygens (including phenoxy) is 4. The Bertz CT molecular complexity index is 521. The zero-order chi connectivity index (χ0) is 17.3. The summed E-state index contributed by atoms with van der Waals surface area (Å²) >= 11 is 0. The molecule has 0 radical (unpaired) electrons. The van der Waals surface area contributed by atoms with Gasteiger partial charge in [-0.25, -0.2) is 0 Å². The first kappa shape index (κ1) is 18.2. The molecular formula is C19H27NO5. The van der Waals surface area contributed by atoms with Crippen molar-refractivity contribution in [2.24, 2.45) is 0 Å². The molecule has 2 saturated heterocycles. The fourth-order valence-electron chi connectivity index (χ4n) is 3.05. The molecule has 138 valence electrons. The van der Waals surface area contributed by atoms with Crippen LogP contribution in [0.25, 0.3) is 0 Å². The third-order valence-electron chi connectivity index (χ3n) is 4.53. The van der Waals surface area contributed by atoms with Crippen LogP contribution in [0.2, 0.25) is 0 Å². The summed E-state index contributed by atoms with van der Waals surface area (Å²) in [7, 11) is 0. The van der Waals surface area contributed by atoms with E-state index < -0.39 is 0 Å². The molecule has 0 amide bonds. The Hall–Kier alpha value is -1.63. The summed E-state index contributed by atoms with van der Waals surface area (Å²) in [6.07, 6.45) is 3.48. The third-order valence-corrected chi connectivity index (χ3v) is 4.53. The average molecular weight is 349 g/mol. The first-order chi connectivity index (χ1) is 12.3. The Balaban J connectivity index is 1.34. The van der Waals surface area contributed by atoms with Gasteiger partial charge in [-0.05, 0) is 43.5 Å². The molecule has 2 fully saturated rings. The second kappa shape index (κ2) is 9.75. The molecule has 0 saturated carbocycles. The first-order valence-corrected chi connectivity index (χ1v) is 9.15. The summed E-state index contributed by atoms with van der Waals surface area (Å²) < 4.78 is 21.9. The van der Waals surface area contributed by atoms with Crippen molar-refractivity contribution in [3.05, 3.63) is 24.3 Å². The van der Waals surface area contributed by atoms with E-state index >= 15 is 0 Å². The van der Waals surface area contributed by atoms with E-state index in [9.17, 15) is 4.79 Å². The van der Waals surface area contributed by atoms with Crippen LogP contribution in [0.1, 0.15) is 25.7 Å². The van der Waals surface area contributed by atoms with Crippen molar-refractivity contribution in [1.82, 2.24) is 4.90 Å². The molecule has 2 aliphatic heterocycles. The van der Waals surface area contributed by atoms with E-state index in [-0.39, 0.29) is 12.1 Å². The maximum Gasteiger partial charge on any atom is 0.311 e. The van der Waals surface area contributed by atoms with Crippen LogP contribution in [0, 0.1) is 0 Å². The molecule has 1 aromatic carbocycles. The number of esters is 1. The van der Waals surface area contributed by atoms with Crippen molar-refractivity contribution in [2.75, 3.05) is 46.1 Å². The predicted molar refractivity (Wildman–Crippen MR) is 93.0 cm³/mol. The van der Waals surface area contributed by atoms with Gasteiger partial charge in [0.15, 0.2) is 0 Å². The molecule has 3 rings (SSSR count). The fourth-order valence-corrected chi connectivity index (χ4v) is 3.05. The number of carbonyl (C=O) groups is 1. The average Bonchev–Trinajstić information content (AvgIpc) is 3.16. The van der Waals surface area contributed by atoms with E-state index in [2.05, 4.69) is 4.90 Å². The van der Waals surface area contributed by atoms with Gasteiger partial charge in [0.25, 0.3) is 0 Å². The smallest absolute Gasteiger partial charge is 0.311 e. The Morgan fingerprint density at radius 1 is 1.12 bits per heavy atom. The fraction of sp³-hybridized carbons (Fsp3) is 0.632. The SMILES string of the molecule is O=C(CC[C@@H]1CCCO1)Oc1ccc(OCCN2CCOCC2)cc1. The summed E-state index contributed by atoms with van der Waals surface area (Å²) in [6, 6.07) is 7.21. The molecule has 2 heterocycles. The summed E-state index contributed by atoms with van der Waals surface area (Å²) in [5.41, 5.74) is 0. The maximum absolute atomic E-state index is 11.9. The summed E-state index contributed by atoms with van der Waals surface area (Å²) in [6.45, 7) is 5.87. The molecule has 0 aliphatic carbocycles. The van der Waals surface area contributed by atoms with Crippen molar-refractivity contribution in [3.8, 4) is 11.5 Å². The van der Waals surface area contributed by atoms with Gasteiger partial charge in [0.1, 0.15) is 18.1 Å². The van der Waals surface area contributed by atoms with Crippen LogP contribution >= 0.6 is 0 Å². The van der Waals surface area contributed by atoms with Crippen LogP contribution in [0.3, 0.4) is 0 Å². The molecule has 0 aromatic heterocycles. The van der Waals surface area contributed by atoms with Crippen LogP contribution in [-0.2, 0) is 14.3 Å². The Morgan fingerprint density at radius 3 is 2.60 bits per heavy atom. The maximum atomic E-state index is 11.9. The van der Waals surface area contributed by atoms with E-state index in [0.29, 0.717) is 18.8 Å². The molecule has 0 bridgehead atoms. The van der Waals surface area contributed by atoms with Gasteiger partial charge in [0, 0.05) is 32.7 Å². The molecule has 1 atom stereocenters. The molecule has 25 heavy (non-hydrogen) atoms. The molecule has 0 spiro atoms. The van der Waals surface area contributed by atoms with Gasteiger partial charge < -0.3 is 18.9 Å². The monoisotopic (exact) mass is 349 g/mol. The van der Waals surface area contributed by atoms with Crippen LogP contribution in [0.15, 0.2) is 24.3 Å². The number of morpholine rings is 1. The molecule has 6 heteroatoms. The lowest BCUT2D eigenvalue weighted by molar-refractivity contribution is -0.135. The van der Waals surface area contributed by atoms with Crippen molar-refractivity contribution in [2.45, 2.75) is 31.8 Å². The molecular weight excluding hydrogens is 322 g/mol. The van der Waals surface area contributed by atoms with Crippen LogP contribution in [-0.4, -0.2) is 63.0 Å². The summed E-state index contributed by atoms with van der Waals surface area (Å²) in [4.78, 5) is 14.2. The standard InChI is InChI=1S/C19H27NO5/c21-19(8-7-16-2-1-12-23-16)25-18-5-3-17(4-6-18)24-15-11-20-9-13-22-14-10-20/h3-6,16H,1-2,7-15H2/t16-/m0/s1. The Morgan fingerprint density at radius 2 is 1.88 bits per heavy atom. The lowest BCUT2D eigenvalue weighted by Crippen LogP contribution is -2.38. The van der Waals surface area contributed by atoms with Crippen molar-refractivity contribution >= 4 is 5.97 Å². The molecule has 0 unspecified atom stereocenters. The number of carbonyl (C=O) groups excluding carboxylic acids is 1. The minimum Gasteiger partial charge on any atom is -0.492 e. The number of nitrogens with zero attached hydrogens (tertiary/aromatic N) is 1. The quantitative estimate of drug-likeness (QED) is 0.530. The number of rotatable bonds is 8. The van der Waals surface area contributed by atoms with Crippen molar-refractivity contribution < 1.29 is 23.7 Å². The topological polar surface area (TPSA) is 57.2 Å². The van der Waals surface area contributed by atoms with E-state index in [0.717, 1.165) is 64.5 Å². The Kier molecular flexibility index (Phi) is 7.09. The zero-order valence-corrected chi connectivity index (χ0v) is 14.7.